The molecule has 0 aliphatic carbocycles. The molecule has 8 nitrogen and oxygen atoms in total. The number of nitrogens with zero attached hydrogens (tertiary/aromatic N) is 3. The molecule has 4 rings (SSSR count). The van der Waals surface area contributed by atoms with E-state index < -0.39 is 11.8 Å². The van der Waals surface area contributed by atoms with Crippen molar-refractivity contribution in [2.45, 2.75) is 25.9 Å². The second kappa shape index (κ2) is 8.87. The van der Waals surface area contributed by atoms with Crippen molar-refractivity contribution in [1.29, 1.82) is 0 Å². The van der Waals surface area contributed by atoms with Gasteiger partial charge in [0.2, 0.25) is 5.88 Å². The van der Waals surface area contributed by atoms with Gasteiger partial charge in [-0.05, 0) is 37.5 Å². The third kappa shape index (κ3) is 4.23. The molecule has 0 spiro atoms. The minimum absolute atomic E-state index is 0.0470. The van der Waals surface area contributed by atoms with E-state index in [1.807, 2.05) is 24.3 Å². The maximum Gasteiger partial charge on any atom is 0.353 e. The summed E-state index contributed by atoms with van der Waals surface area (Å²) in [6.45, 7) is 2.73. The predicted octanol–water partition coefficient (Wildman–Crippen LogP) is 2.62. The molecule has 0 radical (unpaired) electrons. The van der Waals surface area contributed by atoms with E-state index in [4.69, 9.17) is 0 Å². The number of para-hydroxylation sites is 2. The molecule has 3 aromatic rings. The maximum atomic E-state index is 12.1. The molecule has 8 heteroatoms. The number of carbonyl (C=O) groups excluding carboxylic acids is 2. The van der Waals surface area contributed by atoms with Crippen LogP contribution in [0.25, 0.3) is 10.9 Å². The van der Waals surface area contributed by atoms with Crippen LogP contribution in [-0.2, 0) is 16.3 Å². The lowest BCUT2D eigenvalue weighted by Gasteiger charge is -2.24. The van der Waals surface area contributed by atoms with Gasteiger partial charge in [-0.2, -0.15) is 0 Å². The zero-order chi connectivity index (χ0) is 20.9. The van der Waals surface area contributed by atoms with Crippen LogP contribution in [-0.4, -0.2) is 34.6 Å². The summed E-state index contributed by atoms with van der Waals surface area (Å²) < 4.78 is 1.80. The van der Waals surface area contributed by atoms with Crippen molar-refractivity contribution in [3.63, 3.8) is 0 Å². The molecule has 2 heterocycles. The van der Waals surface area contributed by atoms with E-state index in [0.717, 1.165) is 18.6 Å². The fourth-order valence-corrected chi connectivity index (χ4v) is 3.81. The average Bonchev–Trinajstić information content (AvgIpc) is 3.04. The molecule has 1 aromatic heterocycles. The highest BCUT2D eigenvalue weighted by atomic mass is 16.3. The number of carbonyl (C=O) groups is 2. The molecule has 154 valence electrons. The van der Waals surface area contributed by atoms with Crippen LogP contribution in [0.4, 0.5) is 11.4 Å². The van der Waals surface area contributed by atoms with E-state index in [-0.39, 0.29) is 11.6 Å². The minimum Gasteiger partial charge on any atom is -0.493 e. The van der Waals surface area contributed by atoms with Crippen molar-refractivity contribution in [3.05, 3.63) is 54.6 Å². The van der Waals surface area contributed by atoms with Crippen molar-refractivity contribution in [3.8, 4) is 5.88 Å². The van der Waals surface area contributed by atoms with Gasteiger partial charge in [-0.25, -0.2) is 0 Å². The Bertz CT molecular complexity index is 1080. The van der Waals surface area contributed by atoms with Crippen molar-refractivity contribution in [2.75, 3.05) is 18.4 Å². The molecule has 3 N–H and O–H groups in total. The highest BCUT2D eigenvalue weighted by molar-refractivity contribution is 6.40. The lowest BCUT2D eigenvalue weighted by Crippen LogP contribution is -3.12. The van der Waals surface area contributed by atoms with Gasteiger partial charge in [0, 0.05) is 11.1 Å². The number of anilines is 1. The third-order valence-electron chi connectivity index (χ3n) is 5.33. The van der Waals surface area contributed by atoms with Crippen molar-refractivity contribution < 1.29 is 19.6 Å². The summed E-state index contributed by atoms with van der Waals surface area (Å²) in [5.74, 6) is -1.96. The Balaban J connectivity index is 1.56. The van der Waals surface area contributed by atoms with E-state index in [1.165, 1.54) is 24.2 Å². The minimum atomic E-state index is -1.03. The lowest BCUT2D eigenvalue weighted by molar-refractivity contribution is -0.927. The molecule has 1 fully saturated rings. The summed E-state index contributed by atoms with van der Waals surface area (Å²) in [6.07, 6.45) is 3.59. The fraction of sp³-hybridized carbons (Fsp3) is 0.273. The molecule has 2 amide bonds. The predicted molar refractivity (Wildman–Crippen MR) is 113 cm³/mol. The van der Waals surface area contributed by atoms with E-state index in [2.05, 4.69) is 15.5 Å². The first-order chi connectivity index (χ1) is 14.6. The Morgan fingerprint density at radius 1 is 1.00 bits per heavy atom. The molecule has 30 heavy (non-hydrogen) atoms. The van der Waals surface area contributed by atoms with E-state index in [0.29, 0.717) is 17.7 Å². The second-order valence-electron chi connectivity index (χ2n) is 7.41. The second-order valence-corrected chi connectivity index (χ2v) is 7.41. The van der Waals surface area contributed by atoms with Crippen LogP contribution in [0.2, 0.25) is 0 Å². The number of likely N-dealkylation sites (tertiary alicyclic amines) is 1. The molecule has 1 saturated heterocycles. The zero-order valence-corrected chi connectivity index (χ0v) is 16.5. The number of amides is 2. The molecule has 1 aliphatic rings. The van der Waals surface area contributed by atoms with Crippen LogP contribution in [0, 0.1) is 0 Å². The lowest BCUT2D eigenvalue weighted by atomic mass is 10.1. The highest BCUT2D eigenvalue weighted by Crippen LogP contribution is 2.38. The number of piperidine rings is 1. The normalized spacial score (nSPS) is 14.9. The first-order valence-electron chi connectivity index (χ1n) is 10.1. The number of hydrogen-bond donors (Lipinski definition) is 3. The Hall–Kier alpha value is -3.52. The Morgan fingerprint density at radius 3 is 2.47 bits per heavy atom. The highest BCUT2D eigenvalue weighted by Gasteiger charge is 2.22. The SMILES string of the molecule is O=C(N=Nc1c(O)n(C[NH+]2CCCCC2)c2ccccc12)C(=O)Nc1ccccc1. The largest absolute Gasteiger partial charge is 0.493 e. The van der Waals surface area contributed by atoms with E-state index >= 15 is 0 Å². The molecular weight excluding hydrogens is 382 g/mol. The number of fused-ring (bicyclic) bond motifs is 1. The number of aromatic hydroxyl groups is 1. The Labute approximate surface area is 173 Å². The third-order valence-corrected chi connectivity index (χ3v) is 5.33. The van der Waals surface area contributed by atoms with Crippen LogP contribution >= 0.6 is 0 Å². The van der Waals surface area contributed by atoms with E-state index in [9.17, 15) is 14.7 Å². The number of quaternary nitrogens is 1. The molecule has 0 bridgehead atoms. The number of hydrogen-bond acceptors (Lipinski definition) is 4. The van der Waals surface area contributed by atoms with Gasteiger partial charge in [-0.15, -0.1) is 10.2 Å². The van der Waals surface area contributed by atoms with Gasteiger partial charge >= 0.3 is 11.8 Å². The number of benzene rings is 2. The maximum absolute atomic E-state index is 12.1. The summed E-state index contributed by atoms with van der Waals surface area (Å²) >= 11 is 0. The van der Waals surface area contributed by atoms with Crippen molar-refractivity contribution in [1.82, 2.24) is 4.57 Å². The Morgan fingerprint density at radius 2 is 1.70 bits per heavy atom. The van der Waals surface area contributed by atoms with Gasteiger partial charge in [-0.1, -0.05) is 36.4 Å². The topological polar surface area (TPSA) is 100 Å². The van der Waals surface area contributed by atoms with Crippen molar-refractivity contribution in [2.24, 2.45) is 10.2 Å². The zero-order valence-electron chi connectivity index (χ0n) is 16.5. The van der Waals surface area contributed by atoms with Crippen LogP contribution < -0.4 is 10.2 Å². The Kier molecular flexibility index (Phi) is 5.85. The first kappa shape index (κ1) is 19.8. The summed E-state index contributed by atoms with van der Waals surface area (Å²) in [5.41, 5.74) is 1.51. The average molecular weight is 406 g/mol. The molecule has 0 atom stereocenters. The molecule has 1 aliphatic heterocycles. The van der Waals surface area contributed by atoms with Gasteiger partial charge < -0.3 is 15.3 Å². The van der Waals surface area contributed by atoms with Crippen LogP contribution in [0.3, 0.4) is 0 Å². The van der Waals surface area contributed by atoms with Gasteiger partial charge in [0.05, 0.1) is 18.6 Å². The molecular formula is C22H24N5O3+. The summed E-state index contributed by atoms with van der Waals surface area (Å²) in [4.78, 5) is 25.6. The fourth-order valence-electron chi connectivity index (χ4n) is 3.81. The summed E-state index contributed by atoms with van der Waals surface area (Å²) in [6, 6.07) is 16.1. The first-order valence-corrected chi connectivity index (χ1v) is 10.1. The standard InChI is InChI=1S/C22H23N5O3/c28-20(23-16-9-3-1-4-10-16)21(29)25-24-19-17-11-5-6-12-18(17)27(22(19)30)15-26-13-7-2-8-14-26/h1,3-6,9-12,30H,2,7-8,13-15H2,(H,23,28)/p+1. The molecule has 2 aromatic carbocycles. The van der Waals surface area contributed by atoms with Crippen LogP contribution in [0.1, 0.15) is 19.3 Å². The van der Waals surface area contributed by atoms with Gasteiger partial charge in [0.1, 0.15) is 0 Å². The van der Waals surface area contributed by atoms with Gasteiger partial charge in [-0.3, -0.25) is 14.2 Å². The summed E-state index contributed by atoms with van der Waals surface area (Å²) in [5, 5.41) is 21.5. The smallest absolute Gasteiger partial charge is 0.353 e. The van der Waals surface area contributed by atoms with Gasteiger partial charge in [0.25, 0.3) is 0 Å². The monoisotopic (exact) mass is 406 g/mol. The quantitative estimate of drug-likeness (QED) is 0.459. The molecule has 0 saturated carbocycles. The molecule has 0 unspecified atom stereocenters. The van der Waals surface area contributed by atoms with E-state index in [1.54, 1.807) is 34.9 Å². The number of aromatic nitrogens is 1. The van der Waals surface area contributed by atoms with Gasteiger partial charge in [0.15, 0.2) is 12.4 Å². The van der Waals surface area contributed by atoms with Crippen LogP contribution in [0.15, 0.2) is 64.8 Å². The number of rotatable bonds is 4. The summed E-state index contributed by atoms with van der Waals surface area (Å²) in [7, 11) is 0. The number of nitrogens with one attached hydrogen (secondary N) is 2. The number of azo groups is 1. The van der Waals surface area contributed by atoms with Crippen molar-refractivity contribution >= 4 is 34.1 Å². The van der Waals surface area contributed by atoms with Crippen LogP contribution in [0.5, 0.6) is 5.88 Å².